The Morgan fingerprint density at radius 3 is 2.60 bits per heavy atom. The van der Waals surface area contributed by atoms with Gasteiger partial charge in [-0.3, -0.25) is 4.90 Å². The number of nitrogens with zero attached hydrogens (tertiary/aromatic N) is 3. The van der Waals surface area contributed by atoms with Gasteiger partial charge in [-0.25, -0.2) is 4.98 Å². The fraction of sp³-hybridized carbons (Fsp3) is 0.812. The largest absolute Gasteiger partial charge is 0.392 e. The average molecular weight is 279 g/mol. The molecule has 0 amide bonds. The van der Waals surface area contributed by atoms with E-state index in [9.17, 15) is 5.11 Å². The van der Waals surface area contributed by atoms with Gasteiger partial charge in [-0.15, -0.1) is 0 Å². The second-order valence-electron chi connectivity index (χ2n) is 6.41. The molecule has 0 radical (unpaired) electrons. The first-order valence-corrected chi connectivity index (χ1v) is 8.01. The van der Waals surface area contributed by atoms with Crippen molar-refractivity contribution in [1.29, 1.82) is 0 Å². The van der Waals surface area contributed by atoms with E-state index in [2.05, 4.69) is 34.5 Å². The lowest BCUT2D eigenvalue weighted by atomic mass is 9.94. The molecule has 1 aromatic heterocycles. The maximum absolute atomic E-state index is 9.79. The molecule has 114 valence electrons. The first-order valence-electron chi connectivity index (χ1n) is 8.01. The maximum atomic E-state index is 9.79. The summed E-state index contributed by atoms with van der Waals surface area (Å²) >= 11 is 0. The molecule has 1 saturated carbocycles. The molecule has 1 N–H and O–H groups in total. The van der Waals surface area contributed by atoms with Crippen molar-refractivity contribution < 1.29 is 5.11 Å². The highest BCUT2D eigenvalue weighted by Crippen LogP contribution is 2.24. The van der Waals surface area contributed by atoms with Crippen LogP contribution in [-0.2, 0) is 6.54 Å². The van der Waals surface area contributed by atoms with Crippen LogP contribution in [0.25, 0.3) is 0 Å². The molecule has 1 aliphatic carbocycles. The molecular weight excluding hydrogens is 250 g/mol. The van der Waals surface area contributed by atoms with E-state index in [4.69, 9.17) is 0 Å². The van der Waals surface area contributed by atoms with Crippen molar-refractivity contribution in [2.45, 2.75) is 77.6 Å². The predicted octanol–water partition coefficient (Wildman–Crippen LogP) is 2.98. The Kier molecular flexibility index (Phi) is 5.61. The Bertz CT molecular complexity index is 394. The van der Waals surface area contributed by atoms with Crippen LogP contribution in [0.2, 0.25) is 0 Å². The molecule has 0 aliphatic heterocycles. The van der Waals surface area contributed by atoms with Gasteiger partial charge < -0.3 is 9.67 Å². The summed E-state index contributed by atoms with van der Waals surface area (Å²) in [6.07, 6.45) is 10.2. The number of aromatic nitrogens is 2. The van der Waals surface area contributed by atoms with Gasteiger partial charge >= 0.3 is 0 Å². The summed E-state index contributed by atoms with van der Waals surface area (Å²) in [5, 5.41) is 9.79. The zero-order chi connectivity index (χ0) is 14.5. The summed E-state index contributed by atoms with van der Waals surface area (Å²) in [7, 11) is 0. The van der Waals surface area contributed by atoms with Crippen molar-refractivity contribution in [2.75, 3.05) is 6.54 Å². The highest BCUT2D eigenvalue weighted by molar-refractivity contribution is 4.95. The van der Waals surface area contributed by atoms with Gasteiger partial charge in [-0.1, -0.05) is 19.3 Å². The maximum Gasteiger partial charge on any atom is 0.123 e. The van der Waals surface area contributed by atoms with Gasteiger partial charge in [0, 0.05) is 31.0 Å². The summed E-state index contributed by atoms with van der Waals surface area (Å²) in [6, 6.07) is 1.04. The van der Waals surface area contributed by atoms with Crippen LogP contribution in [0.5, 0.6) is 0 Å². The molecule has 0 spiro atoms. The monoisotopic (exact) mass is 279 g/mol. The van der Waals surface area contributed by atoms with Crippen LogP contribution in [0.3, 0.4) is 0 Å². The Labute approximate surface area is 122 Å². The van der Waals surface area contributed by atoms with Gasteiger partial charge in [0.1, 0.15) is 5.82 Å². The van der Waals surface area contributed by atoms with Gasteiger partial charge in [0.2, 0.25) is 0 Å². The zero-order valence-corrected chi connectivity index (χ0v) is 13.1. The van der Waals surface area contributed by atoms with Gasteiger partial charge in [0.15, 0.2) is 0 Å². The van der Waals surface area contributed by atoms with Crippen LogP contribution in [0.1, 0.15) is 64.7 Å². The van der Waals surface area contributed by atoms with Gasteiger partial charge in [-0.2, -0.15) is 0 Å². The molecule has 20 heavy (non-hydrogen) atoms. The molecule has 1 aliphatic rings. The average Bonchev–Trinajstić information content (AvgIpc) is 2.87. The van der Waals surface area contributed by atoms with Crippen LogP contribution >= 0.6 is 0 Å². The quantitative estimate of drug-likeness (QED) is 0.870. The number of aliphatic hydroxyl groups is 1. The van der Waals surface area contributed by atoms with Crippen molar-refractivity contribution >= 4 is 0 Å². The van der Waals surface area contributed by atoms with Gasteiger partial charge in [0.05, 0.1) is 12.6 Å². The van der Waals surface area contributed by atoms with Crippen LogP contribution in [0.15, 0.2) is 12.4 Å². The summed E-state index contributed by atoms with van der Waals surface area (Å²) in [4.78, 5) is 6.95. The topological polar surface area (TPSA) is 41.3 Å². The van der Waals surface area contributed by atoms with Gasteiger partial charge in [0.25, 0.3) is 0 Å². The minimum absolute atomic E-state index is 0.278. The molecule has 1 aromatic rings. The summed E-state index contributed by atoms with van der Waals surface area (Å²) < 4.78 is 2.23. The molecule has 2 rings (SSSR count). The van der Waals surface area contributed by atoms with Crippen molar-refractivity contribution in [2.24, 2.45) is 0 Å². The van der Waals surface area contributed by atoms with Gasteiger partial charge in [-0.05, 0) is 33.6 Å². The van der Waals surface area contributed by atoms with Crippen LogP contribution in [0.4, 0.5) is 0 Å². The lowest BCUT2D eigenvalue weighted by Gasteiger charge is -2.35. The van der Waals surface area contributed by atoms with E-state index in [0.29, 0.717) is 12.1 Å². The molecule has 0 saturated heterocycles. The molecule has 0 aromatic carbocycles. The molecule has 1 unspecified atom stereocenters. The third-order valence-electron chi connectivity index (χ3n) is 4.24. The minimum Gasteiger partial charge on any atom is -0.392 e. The third kappa shape index (κ3) is 4.06. The molecule has 0 bridgehead atoms. The molecule has 1 heterocycles. The second kappa shape index (κ2) is 7.23. The highest BCUT2D eigenvalue weighted by atomic mass is 16.3. The molecule has 1 atom stereocenters. The first-order chi connectivity index (χ1) is 9.58. The third-order valence-corrected chi connectivity index (χ3v) is 4.24. The lowest BCUT2D eigenvalue weighted by molar-refractivity contribution is 0.0739. The van der Waals surface area contributed by atoms with E-state index >= 15 is 0 Å². The van der Waals surface area contributed by atoms with Crippen molar-refractivity contribution in [3.05, 3.63) is 18.2 Å². The predicted molar refractivity (Wildman–Crippen MR) is 81.6 cm³/mol. The van der Waals surface area contributed by atoms with E-state index in [0.717, 1.165) is 18.9 Å². The fourth-order valence-corrected chi connectivity index (χ4v) is 3.25. The lowest BCUT2D eigenvalue weighted by Crippen LogP contribution is -2.41. The van der Waals surface area contributed by atoms with Crippen molar-refractivity contribution in [3.63, 3.8) is 0 Å². The summed E-state index contributed by atoms with van der Waals surface area (Å²) in [6.45, 7) is 7.84. The minimum atomic E-state index is -0.278. The Morgan fingerprint density at radius 1 is 1.30 bits per heavy atom. The zero-order valence-electron chi connectivity index (χ0n) is 13.1. The van der Waals surface area contributed by atoms with Crippen LogP contribution < -0.4 is 0 Å². The fourth-order valence-electron chi connectivity index (χ4n) is 3.25. The summed E-state index contributed by atoms with van der Waals surface area (Å²) in [5.74, 6) is 1.12. The number of hydrogen-bond acceptors (Lipinski definition) is 3. The van der Waals surface area contributed by atoms with E-state index in [1.54, 1.807) is 0 Å². The second-order valence-corrected chi connectivity index (χ2v) is 6.41. The number of imidazole rings is 1. The number of rotatable bonds is 6. The van der Waals surface area contributed by atoms with Crippen LogP contribution in [0, 0.1) is 0 Å². The molecular formula is C16H29N3O. The van der Waals surface area contributed by atoms with E-state index in [-0.39, 0.29) is 6.10 Å². The van der Waals surface area contributed by atoms with E-state index < -0.39 is 0 Å². The normalized spacial score (nSPS) is 18.9. The molecule has 4 heteroatoms. The Hall–Kier alpha value is -0.870. The first kappa shape index (κ1) is 15.5. The van der Waals surface area contributed by atoms with Crippen molar-refractivity contribution in [3.8, 4) is 0 Å². The van der Waals surface area contributed by atoms with Crippen molar-refractivity contribution in [1.82, 2.24) is 14.5 Å². The number of hydrogen-bond donors (Lipinski definition) is 1. The standard InChI is InChI=1S/C16H29N3O/c1-13(2)19-10-9-17-16(19)12-18(11-14(3)20)15-7-5-4-6-8-15/h9-10,13-15,20H,4-8,11-12H2,1-3H3. The molecule has 4 nitrogen and oxygen atoms in total. The van der Waals surface area contributed by atoms with E-state index in [1.807, 2.05) is 13.1 Å². The summed E-state index contributed by atoms with van der Waals surface area (Å²) in [5.41, 5.74) is 0. The highest BCUT2D eigenvalue weighted by Gasteiger charge is 2.23. The smallest absolute Gasteiger partial charge is 0.123 e. The van der Waals surface area contributed by atoms with E-state index in [1.165, 1.54) is 32.1 Å². The Balaban J connectivity index is 2.08. The van der Waals surface area contributed by atoms with Crippen LogP contribution in [-0.4, -0.2) is 38.2 Å². The molecule has 1 fully saturated rings. The Morgan fingerprint density at radius 2 is 2.00 bits per heavy atom. The SMILES string of the molecule is CC(O)CN(Cc1nccn1C(C)C)C1CCCCC1. The number of aliphatic hydroxyl groups excluding tert-OH is 1.